The van der Waals surface area contributed by atoms with E-state index in [1.54, 1.807) is 42.7 Å². The van der Waals surface area contributed by atoms with Crippen LogP contribution in [0.2, 0.25) is 0 Å². The number of benzene rings is 2. The maximum absolute atomic E-state index is 12.8. The molecule has 0 radical (unpaired) electrons. The monoisotopic (exact) mass is 395 g/mol. The molecular formula is C21H21N3O3S. The van der Waals surface area contributed by atoms with E-state index in [4.69, 9.17) is 0 Å². The third-order valence-electron chi connectivity index (χ3n) is 4.25. The number of hydrogen-bond donors (Lipinski definition) is 2. The van der Waals surface area contributed by atoms with Crippen LogP contribution in [0, 0.1) is 13.8 Å². The molecule has 2 aromatic carbocycles. The summed E-state index contributed by atoms with van der Waals surface area (Å²) in [6.07, 6.45) is 3.29. The van der Waals surface area contributed by atoms with E-state index in [1.165, 1.54) is 12.1 Å². The van der Waals surface area contributed by atoms with Gasteiger partial charge < -0.3 is 5.32 Å². The summed E-state index contributed by atoms with van der Waals surface area (Å²) in [5.74, 6) is -0.347. The van der Waals surface area contributed by atoms with Crippen molar-refractivity contribution in [3.63, 3.8) is 0 Å². The van der Waals surface area contributed by atoms with Crippen molar-refractivity contribution >= 4 is 21.6 Å². The fraction of sp³-hybridized carbons (Fsp3) is 0.143. The van der Waals surface area contributed by atoms with Gasteiger partial charge in [0.15, 0.2) is 0 Å². The summed E-state index contributed by atoms with van der Waals surface area (Å²) >= 11 is 0. The Hall–Kier alpha value is -3.19. The van der Waals surface area contributed by atoms with Crippen LogP contribution >= 0.6 is 0 Å². The quantitative estimate of drug-likeness (QED) is 0.669. The lowest BCUT2D eigenvalue weighted by Gasteiger charge is -2.12. The highest BCUT2D eigenvalue weighted by molar-refractivity contribution is 7.92. The summed E-state index contributed by atoms with van der Waals surface area (Å²) < 4.78 is 28.1. The lowest BCUT2D eigenvalue weighted by atomic mass is 10.1. The molecule has 0 bridgehead atoms. The van der Waals surface area contributed by atoms with Crippen molar-refractivity contribution in [2.45, 2.75) is 25.3 Å². The van der Waals surface area contributed by atoms with Crippen LogP contribution in [-0.4, -0.2) is 19.3 Å². The molecule has 0 saturated carbocycles. The molecule has 3 aromatic rings. The number of nitrogens with one attached hydrogen (secondary N) is 2. The molecule has 7 heteroatoms. The van der Waals surface area contributed by atoms with Gasteiger partial charge in [-0.25, -0.2) is 8.42 Å². The number of sulfonamides is 1. The second-order valence-corrected chi connectivity index (χ2v) is 8.17. The second-order valence-electron chi connectivity index (χ2n) is 6.49. The van der Waals surface area contributed by atoms with E-state index < -0.39 is 10.0 Å². The number of rotatable bonds is 6. The van der Waals surface area contributed by atoms with Gasteiger partial charge in [-0.2, -0.15) is 0 Å². The van der Waals surface area contributed by atoms with Crippen LogP contribution in [0.15, 0.2) is 71.9 Å². The molecular weight excluding hydrogens is 374 g/mol. The van der Waals surface area contributed by atoms with Gasteiger partial charge in [0.1, 0.15) is 0 Å². The Morgan fingerprint density at radius 2 is 1.75 bits per heavy atom. The van der Waals surface area contributed by atoms with E-state index in [9.17, 15) is 13.2 Å². The number of aryl methyl sites for hydroxylation is 2. The predicted octanol–water partition coefficient (Wildman–Crippen LogP) is 3.43. The van der Waals surface area contributed by atoms with Crippen LogP contribution in [-0.2, 0) is 16.6 Å². The Balaban J connectivity index is 1.77. The summed E-state index contributed by atoms with van der Waals surface area (Å²) in [4.78, 5) is 16.4. The average molecular weight is 395 g/mol. The number of carbonyl (C=O) groups is 1. The summed E-state index contributed by atoms with van der Waals surface area (Å²) in [5.41, 5.74) is 3.47. The Bertz CT molecular complexity index is 1100. The average Bonchev–Trinajstić information content (AvgIpc) is 2.69. The fourth-order valence-electron chi connectivity index (χ4n) is 2.64. The van der Waals surface area contributed by atoms with Crippen LogP contribution in [0.5, 0.6) is 0 Å². The third kappa shape index (κ3) is 4.75. The van der Waals surface area contributed by atoms with Crippen molar-refractivity contribution in [3.8, 4) is 0 Å². The standard InChI is InChI=1S/C21H21N3O3S/c1-15-6-7-16(2)20(12-15)24-28(26,27)19-5-3-4-18(13-19)21(25)23-14-17-8-10-22-11-9-17/h3-13,24H,14H2,1-2H3,(H,23,25). The first-order valence-electron chi connectivity index (χ1n) is 8.72. The van der Waals surface area contributed by atoms with E-state index in [2.05, 4.69) is 15.0 Å². The first kappa shape index (κ1) is 19.6. The predicted molar refractivity (Wildman–Crippen MR) is 109 cm³/mol. The molecule has 1 aromatic heterocycles. The van der Waals surface area contributed by atoms with E-state index in [-0.39, 0.29) is 16.4 Å². The van der Waals surface area contributed by atoms with Crippen molar-refractivity contribution in [1.82, 2.24) is 10.3 Å². The van der Waals surface area contributed by atoms with Crippen LogP contribution in [0.4, 0.5) is 5.69 Å². The number of carbonyl (C=O) groups excluding carboxylic acids is 1. The summed E-state index contributed by atoms with van der Waals surface area (Å²) in [6, 6.07) is 15.1. The maximum Gasteiger partial charge on any atom is 0.261 e. The van der Waals surface area contributed by atoms with Gasteiger partial charge >= 0.3 is 0 Å². The molecule has 2 N–H and O–H groups in total. The zero-order chi connectivity index (χ0) is 20.1. The number of hydrogen-bond acceptors (Lipinski definition) is 4. The van der Waals surface area contributed by atoms with Gasteiger partial charge in [-0.1, -0.05) is 18.2 Å². The minimum absolute atomic E-state index is 0.0324. The lowest BCUT2D eigenvalue weighted by molar-refractivity contribution is 0.0950. The molecule has 6 nitrogen and oxygen atoms in total. The number of nitrogens with zero attached hydrogens (tertiary/aromatic N) is 1. The first-order chi connectivity index (χ1) is 13.3. The minimum atomic E-state index is -3.81. The molecule has 28 heavy (non-hydrogen) atoms. The fourth-order valence-corrected chi connectivity index (χ4v) is 3.81. The maximum atomic E-state index is 12.8. The molecule has 0 atom stereocenters. The molecule has 0 aliphatic rings. The SMILES string of the molecule is Cc1ccc(C)c(NS(=O)(=O)c2cccc(C(=O)NCc3ccncc3)c2)c1. The van der Waals surface area contributed by atoms with E-state index in [0.29, 0.717) is 12.2 Å². The number of aromatic nitrogens is 1. The first-order valence-corrected chi connectivity index (χ1v) is 10.2. The minimum Gasteiger partial charge on any atom is -0.348 e. The van der Waals surface area contributed by atoms with Crippen molar-refractivity contribution in [2.75, 3.05) is 4.72 Å². The highest BCUT2D eigenvalue weighted by Gasteiger charge is 2.17. The van der Waals surface area contributed by atoms with Crippen LogP contribution in [0.25, 0.3) is 0 Å². The van der Waals surface area contributed by atoms with E-state index in [1.807, 2.05) is 26.0 Å². The number of anilines is 1. The highest BCUT2D eigenvalue weighted by atomic mass is 32.2. The van der Waals surface area contributed by atoms with Gasteiger partial charge in [0.25, 0.3) is 15.9 Å². The van der Waals surface area contributed by atoms with Crippen molar-refractivity contribution in [1.29, 1.82) is 0 Å². The van der Waals surface area contributed by atoms with Crippen molar-refractivity contribution in [2.24, 2.45) is 0 Å². The molecule has 0 fully saturated rings. The van der Waals surface area contributed by atoms with Gasteiger partial charge in [0.05, 0.1) is 10.6 Å². The smallest absolute Gasteiger partial charge is 0.261 e. The Morgan fingerprint density at radius 1 is 1.00 bits per heavy atom. The van der Waals surface area contributed by atoms with Crippen molar-refractivity contribution < 1.29 is 13.2 Å². The van der Waals surface area contributed by atoms with Crippen LogP contribution < -0.4 is 10.0 Å². The molecule has 0 saturated heterocycles. The van der Waals surface area contributed by atoms with Crippen molar-refractivity contribution in [3.05, 3.63) is 89.2 Å². The van der Waals surface area contributed by atoms with Gasteiger partial charge in [-0.05, 0) is 66.9 Å². The molecule has 0 aliphatic heterocycles. The van der Waals surface area contributed by atoms with Gasteiger partial charge in [-0.15, -0.1) is 0 Å². The Morgan fingerprint density at radius 3 is 2.50 bits per heavy atom. The van der Waals surface area contributed by atoms with E-state index >= 15 is 0 Å². The Labute approximate surface area is 164 Å². The van der Waals surface area contributed by atoms with Gasteiger partial charge in [-0.3, -0.25) is 14.5 Å². The zero-order valence-electron chi connectivity index (χ0n) is 15.6. The lowest BCUT2D eigenvalue weighted by Crippen LogP contribution is -2.23. The molecule has 0 aliphatic carbocycles. The second kappa shape index (κ2) is 8.22. The van der Waals surface area contributed by atoms with Gasteiger partial charge in [0.2, 0.25) is 0 Å². The van der Waals surface area contributed by atoms with Gasteiger partial charge in [0, 0.05) is 24.5 Å². The molecule has 1 heterocycles. The highest BCUT2D eigenvalue weighted by Crippen LogP contribution is 2.21. The largest absolute Gasteiger partial charge is 0.348 e. The molecule has 0 spiro atoms. The van der Waals surface area contributed by atoms with Crippen LogP contribution in [0.3, 0.4) is 0 Å². The molecule has 0 unspecified atom stereocenters. The number of amides is 1. The number of pyridine rings is 1. The zero-order valence-corrected chi connectivity index (χ0v) is 16.5. The molecule has 144 valence electrons. The Kier molecular flexibility index (Phi) is 5.75. The summed E-state index contributed by atoms with van der Waals surface area (Å²) in [6.45, 7) is 4.06. The topological polar surface area (TPSA) is 88.2 Å². The summed E-state index contributed by atoms with van der Waals surface area (Å²) in [5, 5.41) is 2.78. The van der Waals surface area contributed by atoms with E-state index in [0.717, 1.165) is 16.7 Å². The third-order valence-corrected chi connectivity index (χ3v) is 5.61. The molecule has 3 rings (SSSR count). The van der Waals surface area contributed by atoms with Crippen LogP contribution in [0.1, 0.15) is 27.0 Å². The summed E-state index contributed by atoms with van der Waals surface area (Å²) in [7, 11) is -3.81. The normalized spacial score (nSPS) is 11.1. The molecule has 1 amide bonds.